The predicted octanol–water partition coefficient (Wildman–Crippen LogP) is 3.55. The molecule has 8 nitrogen and oxygen atoms in total. The molecular weight excluding hydrogens is 452 g/mol. The van der Waals surface area contributed by atoms with Crippen molar-refractivity contribution < 1.29 is 18.3 Å². The first-order chi connectivity index (χ1) is 16.3. The van der Waals surface area contributed by atoms with Gasteiger partial charge in [-0.3, -0.25) is 9.10 Å². The lowest BCUT2D eigenvalue weighted by atomic mass is 10.0. The summed E-state index contributed by atoms with van der Waals surface area (Å²) in [7, 11) is -2.22. The molecule has 0 aliphatic rings. The van der Waals surface area contributed by atoms with Crippen molar-refractivity contribution in [1.82, 2.24) is 10.3 Å². The number of para-hydroxylation sites is 1. The molecule has 3 aromatic carbocycles. The fourth-order valence-electron chi connectivity index (χ4n) is 3.66. The fraction of sp³-hybridized carbons (Fsp3) is 0.120. The molecule has 0 saturated heterocycles. The van der Waals surface area contributed by atoms with Crippen LogP contribution in [0.4, 0.5) is 11.4 Å². The second-order valence-corrected chi connectivity index (χ2v) is 9.59. The molecule has 0 radical (unpaired) electrons. The highest BCUT2D eigenvalue weighted by Gasteiger charge is 2.21. The van der Waals surface area contributed by atoms with Crippen molar-refractivity contribution >= 4 is 43.9 Å². The van der Waals surface area contributed by atoms with Gasteiger partial charge in [-0.05, 0) is 30.3 Å². The smallest absolute Gasteiger partial charge is 0.240 e. The summed E-state index contributed by atoms with van der Waals surface area (Å²) in [5.41, 5.74) is 3.63. The van der Waals surface area contributed by atoms with Gasteiger partial charge in [-0.1, -0.05) is 48.5 Å². The van der Waals surface area contributed by atoms with Crippen LogP contribution in [0, 0.1) is 0 Å². The summed E-state index contributed by atoms with van der Waals surface area (Å²) < 4.78 is 25.5. The molecule has 4 aromatic rings. The highest BCUT2D eigenvalue weighted by atomic mass is 32.2. The van der Waals surface area contributed by atoms with Gasteiger partial charge < -0.3 is 15.4 Å². The van der Waals surface area contributed by atoms with Crippen molar-refractivity contribution in [2.24, 2.45) is 4.99 Å². The predicted molar refractivity (Wildman–Crippen MR) is 134 cm³/mol. The molecule has 34 heavy (non-hydrogen) atoms. The van der Waals surface area contributed by atoms with Gasteiger partial charge in [-0.15, -0.1) is 0 Å². The number of hydrogen-bond acceptors (Lipinski definition) is 5. The molecule has 4 rings (SSSR count). The van der Waals surface area contributed by atoms with Gasteiger partial charge in [0, 0.05) is 23.5 Å². The van der Waals surface area contributed by atoms with Crippen LogP contribution >= 0.6 is 0 Å². The van der Waals surface area contributed by atoms with Crippen molar-refractivity contribution in [3.05, 3.63) is 90.0 Å². The van der Waals surface area contributed by atoms with Crippen LogP contribution < -0.4 is 9.62 Å². The van der Waals surface area contributed by atoms with E-state index in [1.807, 2.05) is 54.6 Å². The molecule has 174 valence electrons. The minimum absolute atomic E-state index is 0.00857. The van der Waals surface area contributed by atoms with E-state index in [4.69, 9.17) is 4.99 Å². The average Bonchev–Trinajstić information content (AvgIpc) is 3.16. The highest BCUT2D eigenvalue weighted by molar-refractivity contribution is 7.92. The fourth-order valence-corrected chi connectivity index (χ4v) is 4.52. The Morgan fingerprint density at radius 1 is 1.00 bits per heavy atom. The van der Waals surface area contributed by atoms with Gasteiger partial charge in [-0.2, -0.15) is 0 Å². The van der Waals surface area contributed by atoms with Crippen LogP contribution in [-0.4, -0.2) is 50.0 Å². The van der Waals surface area contributed by atoms with Crippen LogP contribution in [0.15, 0.2) is 83.9 Å². The quantitative estimate of drug-likeness (QED) is 0.354. The van der Waals surface area contributed by atoms with E-state index in [2.05, 4.69) is 10.3 Å². The SMILES string of the molecule is CNC(=O)CN(c1ccc(N=C(c2ccccc2)c2c(O)[nH]c3ccccc23)cc1)S(C)(=O)=O. The Labute approximate surface area is 197 Å². The standard InChI is InChI=1S/C25H24N4O4S/c1-26-22(30)16-29(34(2,32)33)19-14-12-18(13-15-19)27-24(17-8-4-3-5-9-17)23-20-10-6-7-11-21(20)28-25(23)31/h3-15,28,31H,16H2,1-2H3,(H,26,30). The largest absolute Gasteiger partial charge is 0.494 e. The Morgan fingerprint density at radius 3 is 2.29 bits per heavy atom. The van der Waals surface area contributed by atoms with Gasteiger partial charge in [0.1, 0.15) is 6.54 Å². The molecule has 0 saturated carbocycles. The number of carbonyl (C=O) groups excluding carboxylic acids is 1. The summed E-state index contributed by atoms with van der Waals surface area (Å²) in [6.07, 6.45) is 1.05. The molecule has 0 unspecified atom stereocenters. The van der Waals surface area contributed by atoms with Crippen molar-refractivity contribution in [2.45, 2.75) is 0 Å². The van der Waals surface area contributed by atoms with E-state index < -0.39 is 15.9 Å². The molecule has 9 heteroatoms. The van der Waals surface area contributed by atoms with Gasteiger partial charge in [0.05, 0.1) is 28.9 Å². The Hall–Kier alpha value is -4.11. The highest BCUT2D eigenvalue weighted by Crippen LogP contribution is 2.32. The second-order valence-electron chi connectivity index (χ2n) is 7.68. The molecule has 0 aliphatic carbocycles. The number of likely N-dealkylation sites (N-methyl/N-ethyl adjacent to an activating group) is 1. The number of fused-ring (bicyclic) bond motifs is 1. The van der Waals surface area contributed by atoms with Crippen molar-refractivity contribution in [3.63, 3.8) is 0 Å². The number of amides is 1. The average molecular weight is 477 g/mol. The van der Waals surface area contributed by atoms with Crippen molar-refractivity contribution in [3.8, 4) is 5.88 Å². The number of nitrogens with zero attached hydrogens (tertiary/aromatic N) is 2. The van der Waals surface area contributed by atoms with E-state index >= 15 is 0 Å². The maximum atomic E-state index is 12.2. The number of hydrogen-bond donors (Lipinski definition) is 3. The first-order valence-corrected chi connectivity index (χ1v) is 12.4. The van der Waals surface area contributed by atoms with E-state index in [0.29, 0.717) is 22.6 Å². The maximum absolute atomic E-state index is 12.2. The van der Waals surface area contributed by atoms with Crippen molar-refractivity contribution in [1.29, 1.82) is 0 Å². The van der Waals surface area contributed by atoms with Crippen LogP contribution in [0.25, 0.3) is 10.9 Å². The van der Waals surface area contributed by atoms with E-state index in [1.165, 1.54) is 7.05 Å². The first-order valence-electron chi connectivity index (χ1n) is 10.5. The summed E-state index contributed by atoms with van der Waals surface area (Å²) in [6, 6.07) is 23.6. The van der Waals surface area contributed by atoms with E-state index in [9.17, 15) is 18.3 Å². The number of nitrogens with one attached hydrogen (secondary N) is 2. The molecule has 1 heterocycles. The number of aromatic nitrogens is 1. The molecule has 0 atom stereocenters. The summed E-state index contributed by atoms with van der Waals surface area (Å²) >= 11 is 0. The van der Waals surface area contributed by atoms with Crippen LogP contribution in [0.2, 0.25) is 0 Å². The Kier molecular flexibility index (Phi) is 6.38. The molecule has 0 bridgehead atoms. The minimum atomic E-state index is -3.67. The summed E-state index contributed by atoms with van der Waals surface area (Å²) in [6.45, 7) is -0.323. The monoisotopic (exact) mass is 476 g/mol. The normalized spacial score (nSPS) is 12.0. The van der Waals surface area contributed by atoms with Gasteiger partial charge in [-0.25, -0.2) is 13.4 Å². The van der Waals surface area contributed by atoms with E-state index in [0.717, 1.165) is 27.0 Å². The molecule has 1 aromatic heterocycles. The van der Waals surface area contributed by atoms with Crippen LogP contribution in [-0.2, 0) is 14.8 Å². The number of aromatic amines is 1. The van der Waals surface area contributed by atoms with Gasteiger partial charge >= 0.3 is 0 Å². The van der Waals surface area contributed by atoms with Crippen LogP contribution in [0.3, 0.4) is 0 Å². The zero-order valence-electron chi connectivity index (χ0n) is 18.7. The van der Waals surface area contributed by atoms with Crippen LogP contribution in [0.5, 0.6) is 5.88 Å². The zero-order chi connectivity index (χ0) is 24.3. The Balaban J connectivity index is 1.80. The third-order valence-corrected chi connectivity index (χ3v) is 6.46. The van der Waals surface area contributed by atoms with Crippen molar-refractivity contribution in [2.75, 3.05) is 24.2 Å². The lowest BCUT2D eigenvalue weighted by molar-refractivity contribution is -0.119. The Morgan fingerprint density at radius 2 is 1.65 bits per heavy atom. The number of carbonyl (C=O) groups is 1. The summed E-state index contributed by atoms with van der Waals surface area (Å²) in [5.74, 6) is -0.414. The van der Waals surface area contributed by atoms with E-state index in [-0.39, 0.29) is 12.4 Å². The number of benzene rings is 3. The van der Waals surface area contributed by atoms with Gasteiger partial charge in [0.2, 0.25) is 15.9 Å². The van der Waals surface area contributed by atoms with Gasteiger partial charge in [0.25, 0.3) is 0 Å². The molecule has 0 fully saturated rings. The molecule has 0 spiro atoms. The van der Waals surface area contributed by atoms with E-state index in [1.54, 1.807) is 24.3 Å². The number of aromatic hydroxyl groups is 1. The molecule has 1 amide bonds. The molecular formula is C25H24N4O4S. The third-order valence-electron chi connectivity index (χ3n) is 5.32. The molecule has 3 N–H and O–H groups in total. The van der Waals surface area contributed by atoms with Gasteiger partial charge in [0.15, 0.2) is 5.88 Å². The Bertz CT molecular complexity index is 1460. The first kappa shape index (κ1) is 23.1. The summed E-state index contributed by atoms with van der Waals surface area (Å²) in [4.78, 5) is 19.6. The summed E-state index contributed by atoms with van der Waals surface area (Å²) in [5, 5.41) is 14.0. The zero-order valence-corrected chi connectivity index (χ0v) is 19.5. The number of aliphatic imine (C=N–C) groups is 1. The molecule has 0 aliphatic heterocycles. The number of anilines is 1. The minimum Gasteiger partial charge on any atom is -0.494 e. The number of sulfonamides is 1. The lowest BCUT2D eigenvalue weighted by Gasteiger charge is -2.21. The number of rotatable bonds is 7. The maximum Gasteiger partial charge on any atom is 0.240 e. The second kappa shape index (κ2) is 9.40. The lowest BCUT2D eigenvalue weighted by Crippen LogP contribution is -2.39. The third kappa shape index (κ3) is 4.79. The topological polar surface area (TPSA) is 115 Å². The van der Waals surface area contributed by atoms with Crippen LogP contribution in [0.1, 0.15) is 11.1 Å². The number of H-pyrrole nitrogens is 1.